The van der Waals surface area contributed by atoms with E-state index < -0.39 is 9.84 Å². The second-order valence-electron chi connectivity index (χ2n) is 5.84. The van der Waals surface area contributed by atoms with E-state index in [1.807, 2.05) is 5.38 Å². The van der Waals surface area contributed by atoms with Gasteiger partial charge in [-0.3, -0.25) is 4.79 Å². The molecule has 4 nitrogen and oxygen atoms in total. The van der Waals surface area contributed by atoms with Gasteiger partial charge in [-0.25, -0.2) is 8.42 Å². The van der Waals surface area contributed by atoms with Gasteiger partial charge >= 0.3 is 0 Å². The molecule has 110 valence electrons. The predicted molar refractivity (Wildman–Crippen MR) is 80.1 cm³/mol. The number of fused-ring (bicyclic) bond motifs is 1. The smallest absolute Gasteiger partial charge is 0.255 e. The summed E-state index contributed by atoms with van der Waals surface area (Å²) in [6, 6.07) is 0. The van der Waals surface area contributed by atoms with Gasteiger partial charge in [-0.2, -0.15) is 0 Å². The first-order chi connectivity index (χ1) is 9.46. The number of nitrogens with zero attached hydrogens (tertiary/aromatic N) is 1. The summed E-state index contributed by atoms with van der Waals surface area (Å²) < 4.78 is 22.9. The summed E-state index contributed by atoms with van der Waals surface area (Å²) in [5.74, 6) is 0.917. The lowest BCUT2D eigenvalue weighted by molar-refractivity contribution is 0.0769. The molecule has 0 saturated carbocycles. The summed E-state index contributed by atoms with van der Waals surface area (Å²) >= 11 is 1.68. The van der Waals surface area contributed by atoms with Crippen LogP contribution in [-0.2, 0) is 22.7 Å². The molecular formula is C14H19NO3S2. The van der Waals surface area contributed by atoms with E-state index in [0.29, 0.717) is 19.0 Å². The van der Waals surface area contributed by atoms with Crippen LogP contribution in [0.5, 0.6) is 0 Å². The normalized spacial score (nSPS) is 25.2. The van der Waals surface area contributed by atoms with E-state index in [2.05, 4.69) is 6.92 Å². The van der Waals surface area contributed by atoms with Gasteiger partial charge in [0.05, 0.1) is 17.1 Å². The molecule has 0 bridgehead atoms. The van der Waals surface area contributed by atoms with Crippen LogP contribution in [0.2, 0.25) is 0 Å². The van der Waals surface area contributed by atoms with Gasteiger partial charge in [-0.15, -0.1) is 11.3 Å². The Hall–Kier alpha value is -0.880. The van der Waals surface area contributed by atoms with Crippen LogP contribution in [0.1, 0.15) is 34.1 Å². The highest BCUT2D eigenvalue weighted by atomic mass is 32.2. The Morgan fingerprint density at radius 3 is 2.75 bits per heavy atom. The van der Waals surface area contributed by atoms with Crippen molar-refractivity contribution in [1.82, 2.24) is 4.90 Å². The molecule has 1 atom stereocenters. The third kappa shape index (κ3) is 2.63. The fourth-order valence-electron chi connectivity index (χ4n) is 2.94. The van der Waals surface area contributed by atoms with Crippen molar-refractivity contribution in [3.8, 4) is 0 Å². The highest BCUT2D eigenvalue weighted by Gasteiger charge is 2.29. The lowest BCUT2D eigenvalue weighted by atomic mass is 9.88. The standard InChI is InChI=1S/C14H19NO3S2/c1-10-2-3-11-12(9-19-13(11)8-10)14(16)15-4-6-20(17,18)7-5-15/h9-10H,2-8H2,1H3/t10-/m0/s1. The van der Waals surface area contributed by atoms with E-state index in [1.54, 1.807) is 16.2 Å². The quantitative estimate of drug-likeness (QED) is 0.793. The zero-order valence-electron chi connectivity index (χ0n) is 11.6. The maximum absolute atomic E-state index is 12.6. The average molecular weight is 313 g/mol. The van der Waals surface area contributed by atoms with Crippen LogP contribution in [0.4, 0.5) is 0 Å². The van der Waals surface area contributed by atoms with Gasteiger partial charge < -0.3 is 4.90 Å². The van der Waals surface area contributed by atoms with Crippen molar-refractivity contribution < 1.29 is 13.2 Å². The third-order valence-electron chi connectivity index (χ3n) is 4.26. The zero-order valence-corrected chi connectivity index (χ0v) is 13.2. The number of thiophene rings is 1. The number of carbonyl (C=O) groups is 1. The van der Waals surface area contributed by atoms with Crippen molar-refractivity contribution in [3.63, 3.8) is 0 Å². The molecule has 1 saturated heterocycles. The van der Waals surface area contributed by atoms with E-state index in [9.17, 15) is 13.2 Å². The summed E-state index contributed by atoms with van der Waals surface area (Å²) in [4.78, 5) is 15.6. The lowest BCUT2D eigenvalue weighted by Gasteiger charge is -2.27. The lowest BCUT2D eigenvalue weighted by Crippen LogP contribution is -2.43. The minimum absolute atomic E-state index is 0.0203. The summed E-state index contributed by atoms with van der Waals surface area (Å²) in [7, 11) is -2.93. The molecule has 1 amide bonds. The zero-order chi connectivity index (χ0) is 14.3. The SMILES string of the molecule is C[C@H]1CCc2c(C(=O)N3CCS(=O)(=O)CC3)csc2C1. The second kappa shape index (κ2) is 5.15. The summed E-state index contributed by atoms with van der Waals surface area (Å²) in [6.45, 7) is 2.92. The molecule has 2 aliphatic rings. The Bertz CT molecular complexity index is 619. The molecule has 1 aliphatic heterocycles. The van der Waals surface area contributed by atoms with Crippen molar-refractivity contribution >= 4 is 27.1 Å². The Balaban J connectivity index is 1.79. The van der Waals surface area contributed by atoms with Crippen molar-refractivity contribution in [2.45, 2.75) is 26.2 Å². The van der Waals surface area contributed by atoms with Gasteiger partial charge in [0.2, 0.25) is 0 Å². The van der Waals surface area contributed by atoms with Crippen LogP contribution in [0.3, 0.4) is 0 Å². The van der Waals surface area contributed by atoms with Gasteiger partial charge in [0.25, 0.3) is 5.91 Å². The average Bonchev–Trinajstić information content (AvgIpc) is 2.80. The number of amides is 1. The Morgan fingerprint density at radius 1 is 1.35 bits per heavy atom. The Kier molecular flexibility index (Phi) is 3.62. The van der Waals surface area contributed by atoms with Gasteiger partial charge in [0.1, 0.15) is 0 Å². The highest BCUT2D eigenvalue weighted by molar-refractivity contribution is 7.91. The van der Waals surface area contributed by atoms with Crippen LogP contribution in [0.15, 0.2) is 5.38 Å². The number of hydrogen-bond donors (Lipinski definition) is 0. The van der Waals surface area contributed by atoms with Gasteiger partial charge in [0.15, 0.2) is 9.84 Å². The molecule has 2 heterocycles. The molecule has 1 aromatic rings. The molecule has 0 spiro atoms. The highest BCUT2D eigenvalue weighted by Crippen LogP contribution is 2.33. The molecule has 1 aromatic heterocycles. The second-order valence-corrected chi connectivity index (χ2v) is 9.11. The third-order valence-corrected chi connectivity index (χ3v) is 6.92. The minimum atomic E-state index is -2.93. The van der Waals surface area contributed by atoms with Crippen molar-refractivity contribution in [2.75, 3.05) is 24.6 Å². The van der Waals surface area contributed by atoms with E-state index in [0.717, 1.165) is 24.8 Å². The predicted octanol–water partition coefficient (Wildman–Crippen LogP) is 1.74. The molecule has 0 N–H and O–H groups in total. The summed E-state index contributed by atoms with van der Waals surface area (Å²) in [5, 5.41) is 1.97. The molecule has 0 aromatic carbocycles. The maximum atomic E-state index is 12.6. The van der Waals surface area contributed by atoms with Gasteiger partial charge in [-0.1, -0.05) is 6.92 Å². The molecule has 0 unspecified atom stereocenters. The Morgan fingerprint density at radius 2 is 2.05 bits per heavy atom. The fourth-order valence-corrected chi connectivity index (χ4v) is 5.38. The number of rotatable bonds is 1. The largest absolute Gasteiger partial charge is 0.337 e. The van der Waals surface area contributed by atoms with E-state index >= 15 is 0 Å². The molecule has 20 heavy (non-hydrogen) atoms. The molecule has 6 heteroatoms. The molecule has 3 rings (SSSR count). The minimum Gasteiger partial charge on any atom is -0.337 e. The molecule has 0 radical (unpaired) electrons. The number of hydrogen-bond acceptors (Lipinski definition) is 4. The monoisotopic (exact) mass is 313 g/mol. The van der Waals surface area contributed by atoms with Crippen molar-refractivity contribution in [3.05, 3.63) is 21.4 Å². The fraction of sp³-hybridized carbons (Fsp3) is 0.643. The van der Waals surface area contributed by atoms with Gasteiger partial charge in [-0.05, 0) is 30.7 Å². The molecule has 1 fully saturated rings. The number of sulfone groups is 1. The number of carbonyl (C=O) groups excluding carboxylic acids is 1. The first-order valence-electron chi connectivity index (χ1n) is 7.05. The van der Waals surface area contributed by atoms with Crippen LogP contribution in [0, 0.1) is 5.92 Å². The summed E-state index contributed by atoms with van der Waals surface area (Å²) in [6.07, 6.45) is 3.19. The first kappa shape index (κ1) is 14.1. The Labute approximate surface area is 123 Å². The van der Waals surface area contributed by atoms with Crippen LogP contribution in [0.25, 0.3) is 0 Å². The van der Waals surface area contributed by atoms with Crippen molar-refractivity contribution in [2.24, 2.45) is 5.92 Å². The molecular weight excluding hydrogens is 294 g/mol. The first-order valence-corrected chi connectivity index (χ1v) is 9.75. The van der Waals surface area contributed by atoms with E-state index in [1.165, 1.54) is 10.4 Å². The van der Waals surface area contributed by atoms with Gasteiger partial charge in [0, 0.05) is 23.3 Å². The van der Waals surface area contributed by atoms with Crippen LogP contribution < -0.4 is 0 Å². The van der Waals surface area contributed by atoms with Crippen LogP contribution >= 0.6 is 11.3 Å². The van der Waals surface area contributed by atoms with E-state index in [-0.39, 0.29) is 17.4 Å². The van der Waals surface area contributed by atoms with Crippen molar-refractivity contribution in [1.29, 1.82) is 0 Å². The van der Waals surface area contributed by atoms with E-state index in [4.69, 9.17) is 0 Å². The summed E-state index contributed by atoms with van der Waals surface area (Å²) in [5.41, 5.74) is 2.03. The maximum Gasteiger partial charge on any atom is 0.255 e. The van der Waals surface area contributed by atoms with Crippen LogP contribution in [-0.4, -0.2) is 43.8 Å². The molecule has 1 aliphatic carbocycles. The topological polar surface area (TPSA) is 54.5 Å².